The third-order valence-electron chi connectivity index (χ3n) is 3.26. The minimum Gasteiger partial charge on any atom is -0.467 e. The zero-order valence-corrected chi connectivity index (χ0v) is 14.0. The molecular formula is C15H15BrN2O2S. The van der Waals surface area contributed by atoms with E-state index < -0.39 is 0 Å². The van der Waals surface area contributed by atoms with Gasteiger partial charge in [0.25, 0.3) is 5.91 Å². The van der Waals surface area contributed by atoms with Crippen LogP contribution < -0.4 is 5.32 Å². The van der Waals surface area contributed by atoms with Gasteiger partial charge in [0, 0.05) is 11.9 Å². The molecule has 0 aromatic carbocycles. The van der Waals surface area contributed by atoms with Crippen LogP contribution >= 0.6 is 27.3 Å². The molecule has 110 valence electrons. The Morgan fingerprint density at radius 2 is 2.38 bits per heavy atom. The number of nitrogens with zero attached hydrogens (tertiary/aromatic N) is 1. The van der Waals surface area contributed by atoms with Crippen molar-refractivity contribution in [1.29, 1.82) is 0 Å². The van der Waals surface area contributed by atoms with E-state index in [1.54, 1.807) is 17.6 Å². The third kappa shape index (κ3) is 2.78. The number of carbonyl (C=O) groups excluding carboxylic acids is 1. The molecule has 3 heterocycles. The highest BCUT2D eigenvalue weighted by Crippen LogP contribution is 2.33. The van der Waals surface area contributed by atoms with Crippen LogP contribution in [0, 0.1) is 0 Å². The van der Waals surface area contributed by atoms with Crippen molar-refractivity contribution in [2.24, 2.45) is 0 Å². The lowest BCUT2D eigenvalue weighted by Gasteiger charge is -2.09. The van der Waals surface area contributed by atoms with Gasteiger partial charge in [0.15, 0.2) is 0 Å². The normalized spacial score (nSPS) is 11.1. The molecule has 0 aliphatic carbocycles. The second kappa shape index (κ2) is 6.07. The molecule has 0 aliphatic heterocycles. The molecule has 0 saturated heterocycles. The molecule has 0 radical (unpaired) electrons. The van der Waals surface area contributed by atoms with Crippen LogP contribution in [-0.2, 0) is 13.1 Å². The summed E-state index contributed by atoms with van der Waals surface area (Å²) in [5, 5.41) is 4.96. The molecule has 4 nitrogen and oxygen atoms in total. The Labute approximate surface area is 134 Å². The van der Waals surface area contributed by atoms with E-state index in [1.165, 1.54) is 0 Å². The summed E-state index contributed by atoms with van der Waals surface area (Å²) in [6.07, 6.45) is 2.58. The molecule has 0 saturated carbocycles. The van der Waals surface area contributed by atoms with E-state index in [0.29, 0.717) is 12.2 Å². The molecule has 1 N–H and O–H groups in total. The standard InChI is InChI=1S/C15H15BrN2O2S/c1-2-5-18-12(7-13-14(18)11(16)9-21-13)15(19)17-8-10-4-3-6-20-10/h3-4,6-7,9H,2,5,8H2,1H3,(H,17,19). The Morgan fingerprint density at radius 3 is 3.10 bits per heavy atom. The second-order valence-corrected chi connectivity index (χ2v) is 6.51. The number of nitrogens with one attached hydrogen (secondary N) is 1. The topological polar surface area (TPSA) is 47.2 Å². The molecule has 0 fully saturated rings. The van der Waals surface area contributed by atoms with Crippen molar-refractivity contribution in [2.75, 3.05) is 0 Å². The lowest BCUT2D eigenvalue weighted by atomic mass is 10.3. The maximum absolute atomic E-state index is 12.4. The smallest absolute Gasteiger partial charge is 0.268 e. The van der Waals surface area contributed by atoms with Crippen LogP contribution in [0.15, 0.2) is 38.7 Å². The van der Waals surface area contributed by atoms with Crippen molar-refractivity contribution in [1.82, 2.24) is 9.88 Å². The molecule has 3 aromatic rings. The van der Waals surface area contributed by atoms with Crippen LogP contribution in [0.2, 0.25) is 0 Å². The number of aromatic nitrogens is 1. The molecule has 0 unspecified atom stereocenters. The number of carbonyl (C=O) groups is 1. The summed E-state index contributed by atoms with van der Waals surface area (Å²) in [6, 6.07) is 5.62. The highest BCUT2D eigenvalue weighted by atomic mass is 79.9. The summed E-state index contributed by atoms with van der Waals surface area (Å²) in [6.45, 7) is 3.33. The summed E-state index contributed by atoms with van der Waals surface area (Å²) >= 11 is 5.21. The number of amides is 1. The van der Waals surface area contributed by atoms with E-state index in [4.69, 9.17) is 4.42 Å². The number of hydrogen-bond donors (Lipinski definition) is 1. The zero-order valence-electron chi connectivity index (χ0n) is 11.6. The van der Waals surface area contributed by atoms with Crippen molar-refractivity contribution in [3.8, 4) is 0 Å². The first-order valence-corrected chi connectivity index (χ1v) is 8.44. The fourth-order valence-corrected chi connectivity index (χ4v) is 4.04. The number of hydrogen-bond acceptors (Lipinski definition) is 3. The minimum atomic E-state index is -0.0739. The Morgan fingerprint density at radius 1 is 1.52 bits per heavy atom. The van der Waals surface area contributed by atoms with Crippen molar-refractivity contribution >= 4 is 43.4 Å². The summed E-state index contributed by atoms with van der Waals surface area (Å²) < 4.78 is 9.48. The Hall–Kier alpha value is -1.53. The maximum Gasteiger partial charge on any atom is 0.268 e. The number of aryl methyl sites for hydroxylation is 1. The SMILES string of the molecule is CCCn1c(C(=O)NCc2ccco2)cc2scc(Br)c21. The first-order chi connectivity index (χ1) is 10.2. The minimum absolute atomic E-state index is 0.0739. The van der Waals surface area contributed by atoms with Crippen molar-refractivity contribution in [3.63, 3.8) is 0 Å². The van der Waals surface area contributed by atoms with Gasteiger partial charge in [-0.2, -0.15) is 0 Å². The van der Waals surface area contributed by atoms with Gasteiger partial charge in [0.2, 0.25) is 0 Å². The van der Waals surface area contributed by atoms with Crippen molar-refractivity contribution in [2.45, 2.75) is 26.4 Å². The van der Waals surface area contributed by atoms with Crippen LogP contribution in [0.3, 0.4) is 0 Å². The number of thiophene rings is 1. The molecule has 6 heteroatoms. The van der Waals surface area contributed by atoms with Crippen LogP contribution in [-0.4, -0.2) is 10.5 Å². The maximum atomic E-state index is 12.4. The molecule has 0 atom stereocenters. The number of rotatable bonds is 5. The molecule has 1 amide bonds. The highest BCUT2D eigenvalue weighted by Gasteiger charge is 2.18. The molecule has 0 spiro atoms. The van der Waals surface area contributed by atoms with Gasteiger partial charge in [-0.25, -0.2) is 0 Å². The van der Waals surface area contributed by atoms with Crippen LogP contribution in [0.5, 0.6) is 0 Å². The third-order valence-corrected chi connectivity index (χ3v) is 5.09. The van der Waals surface area contributed by atoms with Gasteiger partial charge in [-0.05, 0) is 40.5 Å². The van der Waals surface area contributed by atoms with Crippen LogP contribution in [0.1, 0.15) is 29.6 Å². The number of halogens is 1. The average Bonchev–Trinajstić information content (AvgIpc) is 3.17. The molecule has 3 rings (SSSR count). The lowest BCUT2D eigenvalue weighted by molar-refractivity contribution is 0.0939. The predicted octanol–water partition coefficient (Wildman–Crippen LogP) is 4.40. The fraction of sp³-hybridized carbons (Fsp3) is 0.267. The van der Waals surface area contributed by atoms with Gasteiger partial charge < -0.3 is 14.3 Å². The fourth-order valence-electron chi connectivity index (χ4n) is 2.35. The summed E-state index contributed by atoms with van der Waals surface area (Å²) in [7, 11) is 0. The monoisotopic (exact) mass is 366 g/mol. The number of furan rings is 1. The zero-order chi connectivity index (χ0) is 14.8. The molecule has 21 heavy (non-hydrogen) atoms. The van der Waals surface area contributed by atoms with E-state index in [-0.39, 0.29) is 5.91 Å². The van der Waals surface area contributed by atoms with E-state index in [1.807, 2.05) is 18.2 Å². The van der Waals surface area contributed by atoms with Gasteiger partial charge in [-0.15, -0.1) is 11.3 Å². The molecule has 0 bridgehead atoms. The van der Waals surface area contributed by atoms with Crippen molar-refractivity contribution < 1.29 is 9.21 Å². The highest BCUT2D eigenvalue weighted by molar-refractivity contribution is 9.10. The van der Waals surface area contributed by atoms with E-state index in [2.05, 4.69) is 38.1 Å². The molecule has 0 aliphatic rings. The van der Waals surface area contributed by atoms with E-state index >= 15 is 0 Å². The van der Waals surface area contributed by atoms with Gasteiger partial charge in [-0.3, -0.25) is 4.79 Å². The van der Waals surface area contributed by atoms with E-state index in [0.717, 1.165) is 33.4 Å². The molecule has 3 aromatic heterocycles. The first-order valence-electron chi connectivity index (χ1n) is 6.77. The average molecular weight is 367 g/mol. The summed E-state index contributed by atoms with van der Waals surface area (Å²) in [5.74, 6) is 0.676. The predicted molar refractivity (Wildman–Crippen MR) is 87.7 cm³/mol. The second-order valence-electron chi connectivity index (χ2n) is 4.74. The molecular weight excluding hydrogens is 352 g/mol. The Kier molecular flexibility index (Phi) is 4.17. The quantitative estimate of drug-likeness (QED) is 0.727. The van der Waals surface area contributed by atoms with Gasteiger partial charge in [-0.1, -0.05) is 6.92 Å². The summed E-state index contributed by atoms with van der Waals surface area (Å²) in [5.41, 5.74) is 1.80. The lowest BCUT2D eigenvalue weighted by Crippen LogP contribution is -2.25. The van der Waals surface area contributed by atoms with Crippen LogP contribution in [0.25, 0.3) is 10.2 Å². The number of fused-ring (bicyclic) bond motifs is 1. The van der Waals surface area contributed by atoms with Gasteiger partial charge >= 0.3 is 0 Å². The van der Waals surface area contributed by atoms with Crippen LogP contribution in [0.4, 0.5) is 0 Å². The van der Waals surface area contributed by atoms with Crippen molar-refractivity contribution in [3.05, 3.63) is 45.8 Å². The van der Waals surface area contributed by atoms with Gasteiger partial charge in [0.05, 0.1) is 27.5 Å². The first kappa shape index (κ1) is 14.4. The summed E-state index contributed by atoms with van der Waals surface area (Å²) in [4.78, 5) is 12.4. The van der Waals surface area contributed by atoms with Gasteiger partial charge in [0.1, 0.15) is 11.5 Å². The van der Waals surface area contributed by atoms with E-state index in [9.17, 15) is 4.79 Å². The Bertz CT molecular complexity index is 758. The largest absolute Gasteiger partial charge is 0.467 e. The Balaban J connectivity index is 1.88.